The van der Waals surface area contributed by atoms with Crippen molar-refractivity contribution in [2.45, 2.75) is 13.0 Å². The number of hydrogen-bond acceptors (Lipinski definition) is 4. The fourth-order valence-electron chi connectivity index (χ4n) is 1.13. The Morgan fingerprint density at radius 2 is 1.94 bits per heavy atom. The zero-order valence-corrected chi connectivity index (χ0v) is 8.77. The van der Waals surface area contributed by atoms with Crippen LogP contribution in [-0.4, -0.2) is 24.4 Å². The second-order valence-corrected chi connectivity index (χ2v) is 3.10. The van der Waals surface area contributed by atoms with Crippen LogP contribution >= 0.6 is 0 Å². The van der Waals surface area contributed by atoms with Gasteiger partial charge in [-0.1, -0.05) is 0 Å². The predicted octanol–water partition coefficient (Wildman–Crippen LogP) is 0.899. The zero-order chi connectivity index (χ0) is 12.1. The van der Waals surface area contributed by atoms with E-state index < -0.39 is 23.6 Å². The van der Waals surface area contributed by atoms with Gasteiger partial charge >= 0.3 is 5.97 Å². The highest BCUT2D eigenvalue weighted by Gasteiger charge is 2.24. The highest BCUT2D eigenvalue weighted by atomic mass is 19.1. The minimum Gasteiger partial charge on any atom is -0.464 e. The van der Waals surface area contributed by atoms with E-state index in [0.717, 1.165) is 12.1 Å². The normalized spacial score (nSPS) is 11.9. The van der Waals surface area contributed by atoms with Crippen molar-refractivity contribution in [3.63, 3.8) is 0 Å². The number of carbonyl (C=O) groups excluding carboxylic acids is 2. The quantitative estimate of drug-likeness (QED) is 0.469. The van der Waals surface area contributed by atoms with Crippen LogP contribution in [0.1, 0.15) is 17.3 Å². The van der Waals surface area contributed by atoms with E-state index >= 15 is 0 Å². The first-order chi connectivity index (χ1) is 7.56. The van der Waals surface area contributed by atoms with Crippen molar-refractivity contribution in [2.24, 2.45) is 5.73 Å². The van der Waals surface area contributed by atoms with E-state index in [0.29, 0.717) is 0 Å². The van der Waals surface area contributed by atoms with Crippen LogP contribution in [0.2, 0.25) is 0 Å². The van der Waals surface area contributed by atoms with Gasteiger partial charge < -0.3 is 10.5 Å². The van der Waals surface area contributed by atoms with Crippen LogP contribution in [0.15, 0.2) is 24.3 Å². The van der Waals surface area contributed by atoms with Crippen molar-refractivity contribution in [1.29, 1.82) is 0 Å². The molecule has 5 heteroatoms. The molecule has 0 radical (unpaired) electrons. The Kier molecular flexibility index (Phi) is 4.13. The Morgan fingerprint density at radius 3 is 2.44 bits per heavy atom. The van der Waals surface area contributed by atoms with Gasteiger partial charge in [0.2, 0.25) is 0 Å². The van der Waals surface area contributed by atoms with Crippen LogP contribution in [0.5, 0.6) is 0 Å². The number of Topliss-reactive ketones (excluding diaryl/α,β-unsaturated/α-hetero) is 1. The van der Waals surface area contributed by atoms with Crippen molar-refractivity contribution >= 4 is 11.8 Å². The maximum Gasteiger partial charge on any atom is 0.331 e. The van der Waals surface area contributed by atoms with Gasteiger partial charge in [0.1, 0.15) is 5.82 Å². The lowest BCUT2D eigenvalue weighted by molar-refractivity contribution is -0.143. The molecule has 0 saturated heterocycles. The van der Waals surface area contributed by atoms with Gasteiger partial charge in [0, 0.05) is 5.56 Å². The molecule has 0 heterocycles. The van der Waals surface area contributed by atoms with E-state index in [2.05, 4.69) is 4.74 Å². The summed E-state index contributed by atoms with van der Waals surface area (Å²) in [7, 11) is 0. The van der Waals surface area contributed by atoms with E-state index in [4.69, 9.17) is 5.73 Å². The molecule has 1 aromatic carbocycles. The van der Waals surface area contributed by atoms with Crippen molar-refractivity contribution < 1.29 is 18.7 Å². The van der Waals surface area contributed by atoms with Gasteiger partial charge in [0.15, 0.2) is 11.8 Å². The summed E-state index contributed by atoms with van der Waals surface area (Å²) in [5.41, 5.74) is 5.58. The molecule has 4 nitrogen and oxygen atoms in total. The van der Waals surface area contributed by atoms with Crippen molar-refractivity contribution in [3.8, 4) is 0 Å². The standard InChI is InChI=1S/C11H12FNO3/c1-2-16-11(15)9(13)10(14)7-3-5-8(12)6-4-7/h3-6,9H,2,13H2,1H3. The molecule has 0 bridgehead atoms. The summed E-state index contributed by atoms with van der Waals surface area (Å²) in [6, 6.07) is 3.45. The minimum atomic E-state index is -1.36. The lowest BCUT2D eigenvalue weighted by Crippen LogP contribution is -2.40. The molecule has 16 heavy (non-hydrogen) atoms. The molecule has 0 fully saturated rings. The van der Waals surface area contributed by atoms with Gasteiger partial charge in [-0.15, -0.1) is 0 Å². The summed E-state index contributed by atoms with van der Waals surface area (Å²) in [6.07, 6.45) is 0. The molecule has 1 rings (SSSR count). The van der Waals surface area contributed by atoms with Gasteiger partial charge in [-0.05, 0) is 31.2 Å². The Labute approximate surface area is 92.2 Å². The van der Waals surface area contributed by atoms with Crippen LogP contribution in [0.4, 0.5) is 4.39 Å². The predicted molar refractivity (Wildman–Crippen MR) is 55.3 cm³/mol. The van der Waals surface area contributed by atoms with E-state index in [1.54, 1.807) is 6.92 Å². The molecule has 0 spiro atoms. The molecule has 1 unspecified atom stereocenters. The number of ether oxygens (including phenoxy) is 1. The summed E-state index contributed by atoms with van der Waals surface area (Å²) >= 11 is 0. The van der Waals surface area contributed by atoms with Crippen molar-refractivity contribution in [1.82, 2.24) is 0 Å². The molecule has 0 saturated carbocycles. The molecule has 1 aromatic rings. The Bertz CT molecular complexity index is 389. The number of halogens is 1. The zero-order valence-electron chi connectivity index (χ0n) is 8.77. The van der Waals surface area contributed by atoms with E-state index in [9.17, 15) is 14.0 Å². The number of nitrogens with two attached hydrogens (primary N) is 1. The van der Waals surface area contributed by atoms with Gasteiger partial charge in [-0.2, -0.15) is 0 Å². The highest BCUT2D eigenvalue weighted by Crippen LogP contribution is 2.06. The molecule has 2 N–H and O–H groups in total. The van der Waals surface area contributed by atoms with Crippen LogP contribution in [0.25, 0.3) is 0 Å². The van der Waals surface area contributed by atoms with Crippen molar-refractivity contribution in [3.05, 3.63) is 35.6 Å². The van der Waals surface area contributed by atoms with Crippen LogP contribution in [0, 0.1) is 5.82 Å². The number of carbonyl (C=O) groups is 2. The van der Waals surface area contributed by atoms with Crippen LogP contribution in [0.3, 0.4) is 0 Å². The molecule has 0 aliphatic rings. The monoisotopic (exact) mass is 225 g/mol. The Balaban J connectivity index is 2.78. The average Bonchev–Trinajstić information content (AvgIpc) is 2.28. The third-order valence-corrected chi connectivity index (χ3v) is 1.95. The number of ketones is 1. The van der Waals surface area contributed by atoms with E-state index in [1.807, 2.05) is 0 Å². The summed E-state index contributed by atoms with van der Waals surface area (Å²) < 4.78 is 17.2. The first-order valence-electron chi connectivity index (χ1n) is 4.78. The summed E-state index contributed by atoms with van der Waals surface area (Å²) in [5.74, 6) is -1.82. The topological polar surface area (TPSA) is 69.4 Å². The summed E-state index contributed by atoms with van der Waals surface area (Å²) in [4.78, 5) is 22.8. The molecule has 0 aromatic heterocycles. The van der Waals surface area contributed by atoms with Gasteiger partial charge in [-0.25, -0.2) is 9.18 Å². The molecule has 0 aliphatic heterocycles. The fourth-order valence-corrected chi connectivity index (χ4v) is 1.13. The van der Waals surface area contributed by atoms with Crippen molar-refractivity contribution in [2.75, 3.05) is 6.61 Å². The lowest BCUT2D eigenvalue weighted by atomic mass is 10.1. The SMILES string of the molecule is CCOC(=O)C(N)C(=O)c1ccc(F)cc1. The maximum absolute atomic E-state index is 12.6. The number of esters is 1. The van der Waals surface area contributed by atoms with Gasteiger partial charge in [-0.3, -0.25) is 4.79 Å². The molecular weight excluding hydrogens is 213 g/mol. The third kappa shape index (κ3) is 2.87. The number of benzene rings is 1. The average molecular weight is 225 g/mol. The van der Waals surface area contributed by atoms with Crippen LogP contribution < -0.4 is 5.73 Å². The van der Waals surface area contributed by atoms with Gasteiger partial charge in [0.05, 0.1) is 6.61 Å². The van der Waals surface area contributed by atoms with Gasteiger partial charge in [0.25, 0.3) is 0 Å². The first-order valence-corrected chi connectivity index (χ1v) is 4.78. The van der Waals surface area contributed by atoms with Crippen LogP contribution in [-0.2, 0) is 9.53 Å². The maximum atomic E-state index is 12.6. The lowest BCUT2D eigenvalue weighted by Gasteiger charge is -2.09. The number of rotatable bonds is 4. The van der Waals surface area contributed by atoms with E-state index in [1.165, 1.54) is 12.1 Å². The molecular formula is C11H12FNO3. The smallest absolute Gasteiger partial charge is 0.331 e. The molecule has 1 atom stereocenters. The minimum absolute atomic E-state index is 0.156. The second kappa shape index (κ2) is 5.37. The summed E-state index contributed by atoms with van der Waals surface area (Å²) in [6.45, 7) is 1.77. The Hall–Kier alpha value is -1.75. The number of hydrogen-bond donors (Lipinski definition) is 1. The fraction of sp³-hybridized carbons (Fsp3) is 0.273. The summed E-state index contributed by atoms with van der Waals surface area (Å²) in [5, 5.41) is 0. The van der Waals surface area contributed by atoms with E-state index in [-0.39, 0.29) is 12.2 Å². The largest absolute Gasteiger partial charge is 0.464 e. The first kappa shape index (κ1) is 12.3. The molecule has 86 valence electrons. The Morgan fingerprint density at radius 1 is 1.38 bits per heavy atom. The third-order valence-electron chi connectivity index (χ3n) is 1.95. The molecule has 0 amide bonds. The highest BCUT2D eigenvalue weighted by molar-refractivity contribution is 6.11. The second-order valence-electron chi connectivity index (χ2n) is 3.10. The molecule has 0 aliphatic carbocycles.